The topological polar surface area (TPSA) is 110 Å². The monoisotopic (exact) mass is 360 g/mol. The van der Waals surface area contributed by atoms with E-state index in [1.54, 1.807) is 24.7 Å². The summed E-state index contributed by atoms with van der Waals surface area (Å²) >= 11 is 0. The number of furan rings is 1. The van der Waals surface area contributed by atoms with Crippen LogP contribution in [0.5, 0.6) is 0 Å². The molecule has 8 heteroatoms. The van der Waals surface area contributed by atoms with Crippen LogP contribution < -0.4 is 5.32 Å². The SMILES string of the molecule is Cc1cc(C(=O)NCc2nc(-c3cnccn3)n[nH]2)c(-c2ccccc2)o1. The molecule has 8 nitrogen and oxygen atoms in total. The van der Waals surface area contributed by atoms with Gasteiger partial charge in [-0.05, 0) is 13.0 Å². The van der Waals surface area contributed by atoms with Gasteiger partial charge < -0.3 is 9.73 Å². The van der Waals surface area contributed by atoms with Gasteiger partial charge in [0.15, 0.2) is 0 Å². The van der Waals surface area contributed by atoms with E-state index in [9.17, 15) is 4.79 Å². The van der Waals surface area contributed by atoms with E-state index in [-0.39, 0.29) is 12.5 Å². The Morgan fingerprint density at radius 1 is 1.22 bits per heavy atom. The molecule has 0 aliphatic rings. The normalized spacial score (nSPS) is 10.7. The molecule has 0 bridgehead atoms. The minimum absolute atomic E-state index is 0.199. The molecule has 0 fully saturated rings. The van der Waals surface area contributed by atoms with Gasteiger partial charge in [-0.25, -0.2) is 9.97 Å². The van der Waals surface area contributed by atoms with Gasteiger partial charge in [-0.1, -0.05) is 30.3 Å². The molecule has 1 aromatic carbocycles. The number of hydrogen-bond donors (Lipinski definition) is 2. The van der Waals surface area contributed by atoms with Gasteiger partial charge in [0.1, 0.15) is 23.0 Å². The highest BCUT2D eigenvalue weighted by atomic mass is 16.3. The molecule has 3 aromatic heterocycles. The van der Waals surface area contributed by atoms with Crippen molar-refractivity contribution in [1.82, 2.24) is 30.5 Å². The highest BCUT2D eigenvalue weighted by Gasteiger charge is 2.18. The Bertz CT molecular complexity index is 1060. The Kier molecular flexibility index (Phi) is 4.44. The van der Waals surface area contributed by atoms with Crippen LogP contribution in [-0.2, 0) is 6.54 Å². The van der Waals surface area contributed by atoms with Crippen molar-refractivity contribution in [2.45, 2.75) is 13.5 Å². The van der Waals surface area contributed by atoms with Crippen LogP contribution in [0.25, 0.3) is 22.8 Å². The first-order valence-corrected chi connectivity index (χ1v) is 8.32. The van der Waals surface area contributed by atoms with E-state index in [2.05, 4.69) is 30.5 Å². The second kappa shape index (κ2) is 7.20. The number of carbonyl (C=O) groups is 1. The second-order valence-corrected chi connectivity index (χ2v) is 5.84. The van der Waals surface area contributed by atoms with E-state index >= 15 is 0 Å². The molecule has 4 aromatic rings. The Labute approximate surface area is 154 Å². The smallest absolute Gasteiger partial charge is 0.255 e. The summed E-state index contributed by atoms with van der Waals surface area (Å²) in [6, 6.07) is 11.2. The van der Waals surface area contributed by atoms with E-state index in [0.29, 0.717) is 34.4 Å². The number of hydrogen-bond acceptors (Lipinski definition) is 6. The Balaban J connectivity index is 1.49. The molecule has 0 aliphatic heterocycles. The van der Waals surface area contributed by atoms with Gasteiger partial charge in [0.2, 0.25) is 5.82 Å². The maximum atomic E-state index is 12.6. The van der Waals surface area contributed by atoms with Crippen molar-refractivity contribution in [2.75, 3.05) is 0 Å². The van der Waals surface area contributed by atoms with Crippen molar-refractivity contribution in [3.63, 3.8) is 0 Å². The first-order chi connectivity index (χ1) is 13.2. The Morgan fingerprint density at radius 3 is 2.85 bits per heavy atom. The largest absolute Gasteiger partial charge is 0.461 e. The van der Waals surface area contributed by atoms with Gasteiger partial charge in [0.25, 0.3) is 5.91 Å². The number of nitrogens with one attached hydrogen (secondary N) is 2. The number of nitrogens with zero attached hydrogens (tertiary/aromatic N) is 4. The lowest BCUT2D eigenvalue weighted by molar-refractivity contribution is 0.0950. The lowest BCUT2D eigenvalue weighted by Gasteiger charge is -2.04. The van der Waals surface area contributed by atoms with Crippen LogP contribution >= 0.6 is 0 Å². The molecular formula is C19H16N6O2. The zero-order chi connectivity index (χ0) is 18.6. The summed E-state index contributed by atoms with van der Waals surface area (Å²) in [5.74, 6) is 1.91. The van der Waals surface area contributed by atoms with Crippen LogP contribution in [0.1, 0.15) is 21.9 Å². The number of H-pyrrole nitrogens is 1. The fourth-order valence-corrected chi connectivity index (χ4v) is 2.65. The molecular weight excluding hydrogens is 344 g/mol. The van der Waals surface area contributed by atoms with Crippen LogP contribution in [0.3, 0.4) is 0 Å². The van der Waals surface area contributed by atoms with Crippen LogP contribution in [0, 0.1) is 6.92 Å². The number of aryl methyl sites for hydroxylation is 1. The van der Waals surface area contributed by atoms with Crippen molar-refractivity contribution in [3.8, 4) is 22.8 Å². The summed E-state index contributed by atoms with van der Waals surface area (Å²) in [6.45, 7) is 2.01. The summed E-state index contributed by atoms with van der Waals surface area (Å²) in [7, 11) is 0. The molecule has 4 rings (SSSR count). The third-order valence-corrected chi connectivity index (χ3v) is 3.88. The van der Waals surface area contributed by atoms with Crippen LogP contribution in [0.4, 0.5) is 0 Å². The minimum Gasteiger partial charge on any atom is -0.461 e. The molecule has 0 saturated heterocycles. The number of benzene rings is 1. The van der Waals surface area contributed by atoms with Crippen molar-refractivity contribution in [2.24, 2.45) is 0 Å². The molecule has 0 saturated carbocycles. The van der Waals surface area contributed by atoms with Crippen molar-refractivity contribution < 1.29 is 9.21 Å². The zero-order valence-corrected chi connectivity index (χ0v) is 14.5. The maximum absolute atomic E-state index is 12.6. The van der Waals surface area contributed by atoms with E-state index in [4.69, 9.17) is 4.42 Å². The van der Waals surface area contributed by atoms with E-state index in [1.165, 1.54) is 0 Å². The fraction of sp³-hybridized carbons (Fsp3) is 0.105. The van der Waals surface area contributed by atoms with Gasteiger partial charge in [-0.3, -0.25) is 14.9 Å². The van der Waals surface area contributed by atoms with E-state index in [0.717, 1.165) is 5.56 Å². The molecule has 0 radical (unpaired) electrons. The first kappa shape index (κ1) is 16.6. The quantitative estimate of drug-likeness (QED) is 0.566. The Morgan fingerprint density at radius 2 is 2.07 bits per heavy atom. The minimum atomic E-state index is -0.247. The predicted molar refractivity (Wildman–Crippen MR) is 97.5 cm³/mol. The molecule has 2 N–H and O–H groups in total. The van der Waals surface area contributed by atoms with Gasteiger partial charge in [0.05, 0.1) is 18.3 Å². The summed E-state index contributed by atoms with van der Waals surface area (Å²) in [6.07, 6.45) is 4.72. The summed E-state index contributed by atoms with van der Waals surface area (Å²) in [5.41, 5.74) is 1.89. The molecule has 0 unspecified atom stereocenters. The molecule has 0 atom stereocenters. The maximum Gasteiger partial charge on any atom is 0.255 e. The highest BCUT2D eigenvalue weighted by molar-refractivity contribution is 5.99. The molecule has 0 spiro atoms. The number of aromatic nitrogens is 5. The second-order valence-electron chi connectivity index (χ2n) is 5.84. The number of amides is 1. The number of aromatic amines is 1. The number of carbonyl (C=O) groups excluding carboxylic acids is 1. The average molecular weight is 360 g/mol. The predicted octanol–water partition coefficient (Wildman–Crippen LogP) is 2.76. The molecule has 27 heavy (non-hydrogen) atoms. The van der Waals surface area contributed by atoms with Crippen LogP contribution in [0.2, 0.25) is 0 Å². The molecule has 134 valence electrons. The highest BCUT2D eigenvalue weighted by Crippen LogP contribution is 2.27. The zero-order valence-electron chi connectivity index (χ0n) is 14.5. The van der Waals surface area contributed by atoms with Crippen LogP contribution in [0.15, 0.2) is 59.4 Å². The van der Waals surface area contributed by atoms with Crippen LogP contribution in [-0.4, -0.2) is 31.1 Å². The summed E-state index contributed by atoms with van der Waals surface area (Å²) in [5, 5.41) is 9.73. The van der Waals surface area contributed by atoms with Gasteiger partial charge in [-0.2, -0.15) is 5.10 Å². The lowest BCUT2D eigenvalue weighted by atomic mass is 10.1. The van der Waals surface area contributed by atoms with Gasteiger partial charge in [-0.15, -0.1) is 0 Å². The standard InChI is InChI=1S/C19H16N6O2/c1-12-9-14(17(27-12)13-5-3-2-4-6-13)19(26)22-11-16-23-18(25-24-16)15-10-20-7-8-21-15/h2-10H,11H2,1H3,(H,22,26)(H,23,24,25). The number of rotatable bonds is 5. The van der Waals surface area contributed by atoms with Crippen molar-refractivity contribution in [1.29, 1.82) is 0 Å². The van der Waals surface area contributed by atoms with Crippen molar-refractivity contribution in [3.05, 3.63) is 72.1 Å². The summed E-state index contributed by atoms with van der Waals surface area (Å²) < 4.78 is 5.72. The van der Waals surface area contributed by atoms with E-state index < -0.39 is 0 Å². The Hall–Kier alpha value is -3.81. The first-order valence-electron chi connectivity index (χ1n) is 8.32. The molecule has 0 aliphatic carbocycles. The third kappa shape index (κ3) is 3.59. The third-order valence-electron chi connectivity index (χ3n) is 3.88. The molecule has 1 amide bonds. The van der Waals surface area contributed by atoms with Crippen molar-refractivity contribution >= 4 is 5.91 Å². The van der Waals surface area contributed by atoms with Gasteiger partial charge >= 0.3 is 0 Å². The lowest BCUT2D eigenvalue weighted by Crippen LogP contribution is -2.23. The fourth-order valence-electron chi connectivity index (χ4n) is 2.65. The van der Waals surface area contributed by atoms with Gasteiger partial charge in [0, 0.05) is 18.0 Å². The molecule has 3 heterocycles. The van der Waals surface area contributed by atoms with E-state index in [1.807, 2.05) is 37.3 Å². The average Bonchev–Trinajstić information content (AvgIpc) is 3.34. The summed E-state index contributed by atoms with van der Waals surface area (Å²) in [4.78, 5) is 25.1.